The molecule has 0 bridgehead atoms. The molecule has 1 heterocycles. The normalized spacial score (nSPS) is 25.1. The average molecular weight is 252 g/mol. The zero-order chi connectivity index (χ0) is 13.5. The summed E-state index contributed by atoms with van der Waals surface area (Å²) in [6.45, 7) is 3.57. The molecule has 2 rings (SSSR count). The second-order valence-electron chi connectivity index (χ2n) is 4.90. The minimum absolute atomic E-state index is 0.00972. The number of nitro groups is 1. The Morgan fingerprint density at radius 1 is 1.50 bits per heavy atom. The number of benzene rings is 1. The van der Waals surface area contributed by atoms with Crippen LogP contribution in [0.1, 0.15) is 25.5 Å². The number of hydrogen-bond acceptors (Lipinski definition) is 5. The molecule has 2 N–H and O–H groups in total. The molecule has 0 aromatic heterocycles. The van der Waals surface area contributed by atoms with E-state index in [1.165, 1.54) is 12.1 Å². The zero-order valence-electron chi connectivity index (χ0n) is 10.5. The highest BCUT2D eigenvalue weighted by atomic mass is 16.6. The van der Waals surface area contributed by atoms with Gasteiger partial charge in [0.1, 0.15) is 17.5 Å². The van der Waals surface area contributed by atoms with E-state index >= 15 is 0 Å². The Morgan fingerprint density at radius 2 is 2.17 bits per heavy atom. The molecule has 0 radical (unpaired) electrons. The second kappa shape index (κ2) is 4.22. The fourth-order valence-electron chi connectivity index (χ4n) is 2.21. The van der Waals surface area contributed by atoms with Crippen LogP contribution in [0.15, 0.2) is 18.2 Å². The fourth-order valence-corrected chi connectivity index (χ4v) is 2.21. The van der Waals surface area contributed by atoms with E-state index in [4.69, 9.17) is 4.74 Å². The average Bonchev–Trinajstić information content (AvgIpc) is 2.30. The molecule has 0 saturated heterocycles. The number of likely N-dealkylation sites (N-methyl/N-ethyl adjacent to an activating group) is 1. The number of nitro benzene ring substituents is 1. The molecular formula is C12H16N2O4. The third-order valence-electron chi connectivity index (χ3n) is 3.25. The van der Waals surface area contributed by atoms with E-state index in [0.717, 1.165) is 0 Å². The molecule has 0 spiro atoms. The van der Waals surface area contributed by atoms with Crippen LogP contribution in [0.2, 0.25) is 0 Å². The summed E-state index contributed by atoms with van der Waals surface area (Å²) >= 11 is 0. The molecule has 6 nitrogen and oxygen atoms in total. The van der Waals surface area contributed by atoms with Crippen molar-refractivity contribution in [2.24, 2.45) is 0 Å². The summed E-state index contributed by atoms with van der Waals surface area (Å²) in [6, 6.07) is 4.03. The number of nitrogens with zero attached hydrogens (tertiary/aromatic N) is 1. The van der Waals surface area contributed by atoms with Crippen LogP contribution in [0.3, 0.4) is 0 Å². The van der Waals surface area contributed by atoms with Gasteiger partial charge in [-0.15, -0.1) is 0 Å². The summed E-state index contributed by atoms with van der Waals surface area (Å²) < 4.78 is 5.69. The van der Waals surface area contributed by atoms with E-state index < -0.39 is 16.6 Å². The fraction of sp³-hybridized carbons (Fsp3) is 0.500. The Morgan fingerprint density at radius 3 is 2.72 bits per heavy atom. The van der Waals surface area contributed by atoms with Crippen molar-refractivity contribution in [1.29, 1.82) is 0 Å². The number of aliphatic hydroxyl groups is 1. The SMILES string of the molecule is CN[C@H]1c2cc([N+](=O)[O-])ccc2OC(C)(C)[C@@H]1O. The topological polar surface area (TPSA) is 84.6 Å². The lowest BCUT2D eigenvalue weighted by Gasteiger charge is -2.41. The number of fused-ring (bicyclic) bond motifs is 1. The maximum atomic E-state index is 10.8. The molecule has 1 aromatic rings. The van der Waals surface area contributed by atoms with Gasteiger partial charge < -0.3 is 15.2 Å². The van der Waals surface area contributed by atoms with Crippen molar-refractivity contribution in [2.75, 3.05) is 7.05 Å². The number of aliphatic hydroxyl groups excluding tert-OH is 1. The standard InChI is InChI=1S/C12H16N2O4/c1-12(2)11(15)10(13-3)8-6-7(14(16)17)4-5-9(8)18-12/h4-6,10-11,13,15H,1-3H3/t10-,11+/m0/s1. The van der Waals surface area contributed by atoms with Crippen LogP contribution < -0.4 is 10.1 Å². The van der Waals surface area contributed by atoms with Gasteiger partial charge >= 0.3 is 0 Å². The molecular weight excluding hydrogens is 236 g/mol. The first-order chi connectivity index (χ1) is 8.36. The third kappa shape index (κ3) is 1.93. The van der Waals surface area contributed by atoms with Gasteiger partial charge in [0.05, 0.1) is 11.0 Å². The first kappa shape index (κ1) is 12.8. The van der Waals surface area contributed by atoms with Crippen molar-refractivity contribution in [3.8, 4) is 5.75 Å². The summed E-state index contributed by atoms with van der Waals surface area (Å²) in [7, 11) is 1.71. The van der Waals surface area contributed by atoms with E-state index in [9.17, 15) is 15.2 Å². The van der Waals surface area contributed by atoms with E-state index in [0.29, 0.717) is 11.3 Å². The van der Waals surface area contributed by atoms with Crippen molar-refractivity contribution in [1.82, 2.24) is 5.32 Å². The molecule has 0 aliphatic carbocycles. The van der Waals surface area contributed by atoms with Gasteiger partial charge in [0, 0.05) is 17.7 Å². The summed E-state index contributed by atoms with van der Waals surface area (Å²) in [5.74, 6) is 0.565. The highest BCUT2D eigenvalue weighted by molar-refractivity contribution is 5.47. The van der Waals surface area contributed by atoms with E-state index in [1.54, 1.807) is 27.0 Å². The smallest absolute Gasteiger partial charge is 0.270 e. The Labute approximate surface area is 105 Å². The molecule has 98 valence electrons. The molecule has 1 aliphatic heterocycles. The molecule has 18 heavy (non-hydrogen) atoms. The van der Waals surface area contributed by atoms with Crippen LogP contribution >= 0.6 is 0 Å². The molecule has 2 atom stereocenters. The van der Waals surface area contributed by atoms with Crippen LogP contribution in [0.5, 0.6) is 5.75 Å². The maximum Gasteiger partial charge on any atom is 0.270 e. The van der Waals surface area contributed by atoms with Gasteiger partial charge in [-0.25, -0.2) is 0 Å². The Balaban J connectivity index is 2.53. The zero-order valence-corrected chi connectivity index (χ0v) is 10.5. The Bertz CT molecular complexity index is 487. The molecule has 6 heteroatoms. The molecule has 1 aromatic carbocycles. The number of ether oxygens (including phenoxy) is 1. The monoisotopic (exact) mass is 252 g/mol. The Kier molecular flexibility index (Phi) is 3.00. The number of non-ortho nitro benzene ring substituents is 1. The van der Waals surface area contributed by atoms with Crippen LogP contribution in [0, 0.1) is 10.1 Å². The van der Waals surface area contributed by atoms with Crippen molar-refractivity contribution < 1.29 is 14.8 Å². The molecule has 0 fully saturated rings. The van der Waals surface area contributed by atoms with Crippen LogP contribution in [-0.4, -0.2) is 28.8 Å². The second-order valence-corrected chi connectivity index (χ2v) is 4.90. The van der Waals surface area contributed by atoms with Crippen LogP contribution in [-0.2, 0) is 0 Å². The lowest BCUT2D eigenvalue weighted by molar-refractivity contribution is -0.385. The van der Waals surface area contributed by atoms with Crippen LogP contribution in [0.25, 0.3) is 0 Å². The summed E-state index contributed by atoms with van der Waals surface area (Å²) in [5.41, 5.74) is -0.139. The largest absolute Gasteiger partial charge is 0.485 e. The third-order valence-corrected chi connectivity index (χ3v) is 3.25. The highest BCUT2D eigenvalue weighted by Crippen LogP contribution is 2.40. The lowest BCUT2D eigenvalue weighted by Crippen LogP contribution is -2.51. The first-order valence-corrected chi connectivity index (χ1v) is 5.69. The van der Waals surface area contributed by atoms with Crippen molar-refractivity contribution >= 4 is 5.69 Å². The quantitative estimate of drug-likeness (QED) is 0.613. The lowest BCUT2D eigenvalue weighted by atomic mass is 9.86. The maximum absolute atomic E-state index is 10.8. The van der Waals surface area contributed by atoms with Gasteiger partial charge in [-0.05, 0) is 27.0 Å². The molecule has 0 unspecified atom stereocenters. The van der Waals surface area contributed by atoms with E-state index in [2.05, 4.69) is 5.32 Å². The first-order valence-electron chi connectivity index (χ1n) is 5.69. The number of nitrogens with one attached hydrogen (secondary N) is 1. The number of rotatable bonds is 2. The molecule has 0 saturated carbocycles. The highest BCUT2D eigenvalue weighted by Gasteiger charge is 2.42. The van der Waals surface area contributed by atoms with Gasteiger partial charge in [0.15, 0.2) is 0 Å². The van der Waals surface area contributed by atoms with Crippen molar-refractivity contribution in [2.45, 2.75) is 31.6 Å². The van der Waals surface area contributed by atoms with E-state index in [-0.39, 0.29) is 11.7 Å². The minimum atomic E-state index is -0.781. The number of hydrogen-bond donors (Lipinski definition) is 2. The van der Waals surface area contributed by atoms with Crippen molar-refractivity contribution in [3.63, 3.8) is 0 Å². The van der Waals surface area contributed by atoms with Crippen molar-refractivity contribution in [3.05, 3.63) is 33.9 Å². The van der Waals surface area contributed by atoms with Crippen LogP contribution in [0.4, 0.5) is 5.69 Å². The van der Waals surface area contributed by atoms with Gasteiger partial charge in [0.25, 0.3) is 5.69 Å². The molecule has 1 aliphatic rings. The predicted molar refractivity (Wildman–Crippen MR) is 65.6 cm³/mol. The Hall–Kier alpha value is -1.66. The van der Waals surface area contributed by atoms with E-state index in [1.807, 2.05) is 0 Å². The molecule has 0 amide bonds. The van der Waals surface area contributed by atoms with Gasteiger partial charge in [0.2, 0.25) is 0 Å². The predicted octanol–water partition coefficient (Wildman–Crippen LogP) is 1.39. The van der Waals surface area contributed by atoms with Gasteiger partial charge in [-0.3, -0.25) is 10.1 Å². The minimum Gasteiger partial charge on any atom is -0.485 e. The van der Waals surface area contributed by atoms with Gasteiger partial charge in [-0.2, -0.15) is 0 Å². The summed E-state index contributed by atoms with van der Waals surface area (Å²) in [5, 5.41) is 24.0. The summed E-state index contributed by atoms with van der Waals surface area (Å²) in [4.78, 5) is 10.3. The van der Waals surface area contributed by atoms with Gasteiger partial charge in [-0.1, -0.05) is 0 Å². The summed E-state index contributed by atoms with van der Waals surface area (Å²) in [6.07, 6.45) is -0.781.